The first-order valence-electron chi connectivity index (χ1n) is 12.2. The van der Waals surface area contributed by atoms with Crippen molar-refractivity contribution in [3.63, 3.8) is 0 Å². The van der Waals surface area contributed by atoms with Gasteiger partial charge in [-0.1, -0.05) is 48.5 Å². The number of ether oxygens (including phenoxy) is 2. The van der Waals surface area contributed by atoms with E-state index in [1.54, 1.807) is 0 Å². The van der Waals surface area contributed by atoms with Gasteiger partial charge in [-0.2, -0.15) is 0 Å². The fourth-order valence-corrected chi connectivity index (χ4v) is 5.06. The van der Waals surface area contributed by atoms with E-state index in [0.29, 0.717) is 13.0 Å². The van der Waals surface area contributed by atoms with E-state index in [1.165, 1.54) is 22.3 Å². The van der Waals surface area contributed by atoms with Crippen LogP contribution >= 0.6 is 0 Å². The molecule has 1 saturated carbocycles. The summed E-state index contributed by atoms with van der Waals surface area (Å²) in [5.41, 5.74) is 4.75. The molecule has 0 heterocycles. The van der Waals surface area contributed by atoms with Crippen LogP contribution in [-0.2, 0) is 19.1 Å². The van der Waals surface area contributed by atoms with Crippen molar-refractivity contribution in [2.75, 3.05) is 26.4 Å². The third-order valence-electron chi connectivity index (χ3n) is 6.71. The summed E-state index contributed by atoms with van der Waals surface area (Å²) in [6.45, 7) is 1.06. The first kappa shape index (κ1) is 24.7. The van der Waals surface area contributed by atoms with Gasteiger partial charge in [-0.25, -0.2) is 4.79 Å². The van der Waals surface area contributed by atoms with Gasteiger partial charge in [0.1, 0.15) is 6.61 Å². The van der Waals surface area contributed by atoms with Crippen molar-refractivity contribution in [3.8, 4) is 11.1 Å². The second-order valence-electron chi connectivity index (χ2n) is 9.16. The molecule has 8 heteroatoms. The molecule has 0 aliphatic heterocycles. The van der Waals surface area contributed by atoms with E-state index in [4.69, 9.17) is 14.6 Å². The van der Waals surface area contributed by atoms with E-state index in [9.17, 15) is 14.4 Å². The number of fused-ring (bicyclic) bond motifs is 3. The molecule has 0 aromatic heterocycles. The molecule has 0 spiro atoms. The molecule has 8 nitrogen and oxygen atoms in total. The van der Waals surface area contributed by atoms with Crippen molar-refractivity contribution in [2.24, 2.45) is 5.92 Å². The number of carbonyl (C=O) groups excluding carboxylic acids is 2. The van der Waals surface area contributed by atoms with Gasteiger partial charge in [-0.05, 0) is 47.4 Å². The fourth-order valence-electron chi connectivity index (χ4n) is 5.06. The van der Waals surface area contributed by atoms with Crippen LogP contribution in [0.2, 0.25) is 0 Å². The zero-order valence-corrected chi connectivity index (χ0v) is 19.7. The van der Waals surface area contributed by atoms with E-state index in [0.717, 1.165) is 19.3 Å². The SMILES string of the molecule is O=C(O)CCOCCNC(=O)C[C@H]1CC[C@@H](NC(=O)OCC2c3ccccc3-c3ccccc32)C1. The Hall–Kier alpha value is -3.39. The van der Waals surface area contributed by atoms with Crippen molar-refractivity contribution in [3.05, 3.63) is 59.7 Å². The molecule has 2 aliphatic carbocycles. The van der Waals surface area contributed by atoms with Crippen molar-refractivity contribution in [2.45, 2.75) is 44.1 Å². The number of carboxylic acid groups (broad SMARTS) is 1. The van der Waals surface area contributed by atoms with Crippen molar-refractivity contribution in [1.29, 1.82) is 0 Å². The van der Waals surface area contributed by atoms with Crippen LogP contribution in [0, 0.1) is 5.92 Å². The summed E-state index contributed by atoms with van der Waals surface area (Å²) in [6.07, 6.45) is 2.37. The van der Waals surface area contributed by atoms with Crippen LogP contribution in [0.1, 0.15) is 49.1 Å². The second kappa shape index (κ2) is 11.8. The minimum absolute atomic E-state index is 0.00260. The lowest BCUT2D eigenvalue weighted by atomic mass is 9.98. The number of aliphatic carboxylic acids is 1. The number of hydrogen-bond acceptors (Lipinski definition) is 5. The molecule has 186 valence electrons. The smallest absolute Gasteiger partial charge is 0.407 e. The molecule has 2 aliphatic rings. The van der Waals surface area contributed by atoms with Crippen LogP contribution < -0.4 is 10.6 Å². The zero-order chi connectivity index (χ0) is 24.6. The van der Waals surface area contributed by atoms with Crippen LogP contribution in [-0.4, -0.2) is 55.5 Å². The highest BCUT2D eigenvalue weighted by atomic mass is 16.5. The normalized spacial score (nSPS) is 18.5. The molecule has 0 unspecified atom stereocenters. The van der Waals surface area contributed by atoms with Crippen molar-refractivity contribution < 1.29 is 29.0 Å². The Balaban J connectivity index is 1.16. The molecule has 1 fully saturated rings. The van der Waals surface area contributed by atoms with Crippen LogP contribution in [0.25, 0.3) is 11.1 Å². The topological polar surface area (TPSA) is 114 Å². The maximum Gasteiger partial charge on any atom is 0.407 e. The average molecular weight is 481 g/mol. The molecule has 2 amide bonds. The Morgan fingerprint density at radius 3 is 2.31 bits per heavy atom. The Kier molecular flexibility index (Phi) is 8.36. The van der Waals surface area contributed by atoms with Crippen molar-refractivity contribution >= 4 is 18.0 Å². The molecule has 4 rings (SSSR count). The third kappa shape index (κ3) is 6.60. The van der Waals surface area contributed by atoms with Crippen LogP contribution in [0.5, 0.6) is 0 Å². The summed E-state index contributed by atoms with van der Waals surface area (Å²) in [7, 11) is 0. The maximum absolute atomic E-state index is 12.5. The largest absolute Gasteiger partial charge is 0.481 e. The maximum atomic E-state index is 12.5. The van der Waals surface area contributed by atoms with Gasteiger partial charge < -0.3 is 25.2 Å². The fraction of sp³-hybridized carbons (Fsp3) is 0.444. The molecule has 0 bridgehead atoms. The van der Waals surface area contributed by atoms with Crippen LogP contribution in [0.4, 0.5) is 4.79 Å². The summed E-state index contributed by atoms with van der Waals surface area (Å²) in [6, 6.07) is 16.5. The van der Waals surface area contributed by atoms with Gasteiger partial charge in [0.2, 0.25) is 5.91 Å². The summed E-state index contributed by atoms with van der Waals surface area (Å²) in [5.74, 6) is -0.724. The number of carbonyl (C=O) groups is 3. The summed E-state index contributed by atoms with van der Waals surface area (Å²) < 4.78 is 10.8. The van der Waals surface area contributed by atoms with Crippen molar-refractivity contribution in [1.82, 2.24) is 10.6 Å². The van der Waals surface area contributed by atoms with Gasteiger partial charge in [0.15, 0.2) is 0 Å². The predicted molar refractivity (Wildman–Crippen MR) is 130 cm³/mol. The Morgan fingerprint density at radius 2 is 1.63 bits per heavy atom. The number of amides is 2. The monoisotopic (exact) mass is 480 g/mol. The predicted octanol–water partition coefficient (Wildman–Crippen LogP) is 3.69. The first-order valence-corrected chi connectivity index (χ1v) is 12.2. The molecular weight excluding hydrogens is 448 g/mol. The lowest BCUT2D eigenvalue weighted by molar-refractivity contribution is -0.138. The molecule has 35 heavy (non-hydrogen) atoms. The van der Waals surface area contributed by atoms with Gasteiger partial charge in [0.25, 0.3) is 0 Å². The average Bonchev–Trinajstić information content (AvgIpc) is 3.41. The lowest BCUT2D eigenvalue weighted by Crippen LogP contribution is -2.34. The third-order valence-corrected chi connectivity index (χ3v) is 6.71. The highest BCUT2D eigenvalue weighted by molar-refractivity contribution is 5.79. The number of alkyl carbamates (subject to hydrolysis) is 1. The van der Waals surface area contributed by atoms with Gasteiger partial charge in [-0.3, -0.25) is 9.59 Å². The van der Waals surface area contributed by atoms with Crippen LogP contribution in [0.15, 0.2) is 48.5 Å². The number of nitrogens with one attached hydrogen (secondary N) is 2. The van der Waals surface area contributed by atoms with Gasteiger partial charge in [0.05, 0.1) is 19.6 Å². The minimum atomic E-state index is -0.906. The summed E-state index contributed by atoms with van der Waals surface area (Å²) in [5, 5.41) is 14.3. The molecule has 0 saturated heterocycles. The minimum Gasteiger partial charge on any atom is -0.481 e. The molecule has 2 atom stereocenters. The lowest BCUT2D eigenvalue weighted by Gasteiger charge is -2.17. The number of rotatable bonds is 11. The Bertz CT molecular complexity index is 1010. The van der Waals surface area contributed by atoms with Gasteiger partial charge >= 0.3 is 12.1 Å². The number of hydrogen-bond donors (Lipinski definition) is 3. The quantitative estimate of drug-likeness (QED) is 0.423. The van der Waals surface area contributed by atoms with Gasteiger partial charge in [0, 0.05) is 24.9 Å². The molecule has 3 N–H and O–H groups in total. The number of carboxylic acids is 1. The zero-order valence-electron chi connectivity index (χ0n) is 19.7. The second-order valence-corrected chi connectivity index (χ2v) is 9.16. The Labute approximate surface area is 205 Å². The first-order chi connectivity index (χ1) is 17.0. The highest BCUT2D eigenvalue weighted by Crippen LogP contribution is 2.44. The van der Waals surface area contributed by atoms with E-state index in [2.05, 4.69) is 34.9 Å². The van der Waals surface area contributed by atoms with E-state index < -0.39 is 12.1 Å². The van der Waals surface area contributed by atoms with Gasteiger partial charge in [-0.15, -0.1) is 0 Å². The van der Waals surface area contributed by atoms with E-state index in [1.807, 2.05) is 24.3 Å². The summed E-state index contributed by atoms with van der Waals surface area (Å²) in [4.78, 5) is 35.1. The van der Waals surface area contributed by atoms with Crippen LogP contribution in [0.3, 0.4) is 0 Å². The van der Waals surface area contributed by atoms with E-state index >= 15 is 0 Å². The molecule has 2 aromatic rings. The highest BCUT2D eigenvalue weighted by Gasteiger charge is 2.31. The molecule has 2 aromatic carbocycles. The van der Waals surface area contributed by atoms with E-state index in [-0.39, 0.29) is 50.0 Å². The number of benzene rings is 2. The summed E-state index contributed by atoms with van der Waals surface area (Å²) >= 11 is 0. The molecular formula is C27H32N2O6. The Morgan fingerprint density at radius 1 is 0.943 bits per heavy atom. The standard InChI is InChI=1S/C27H32N2O6/c30-25(28-12-14-34-13-11-26(31)32)16-18-9-10-19(15-18)29-27(33)35-17-24-22-7-3-1-5-20(22)21-6-2-4-8-23(21)24/h1-8,18-19,24H,9-17H2,(H,28,30)(H,29,33)(H,31,32)/t18-,19+/m0/s1. The molecule has 0 radical (unpaired) electrons.